The molecule has 3 heterocycles. The normalized spacial score (nSPS) is 20.6. The van der Waals surface area contributed by atoms with Crippen LogP contribution in [0.5, 0.6) is 11.5 Å². The van der Waals surface area contributed by atoms with Crippen molar-refractivity contribution in [3.8, 4) is 11.5 Å². The van der Waals surface area contributed by atoms with Crippen molar-refractivity contribution in [2.24, 2.45) is 5.92 Å². The molecule has 1 fully saturated rings. The molecule has 172 valence electrons. The van der Waals surface area contributed by atoms with Crippen molar-refractivity contribution in [3.05, 3.63) is 66.0 Å². The monoisotopic (exact) mass is 477 g/mol. The summed E-state index contributed by atoms with van der Waals surface area (Å²) >= 11 is 6.03. The third kappa shape index (κ3) is 5.26. The summed E-state index contributed by atoms with van der Waals surface area (Å²) in [5, 5.41) is 3.25. The summed E-state index contributed by atoms with van der Waals surface area (Å²) in [7, 11) is -3.54. The van der Waals surface area contributed by atoms with Crippen LogP contribution in [-0.2, 0) is 10.0 Å². The first-order valence-corrected chi connectivity index (χ1v) is 12.7. The first-order valence-electron chi connectivity index (χ1n) is 10.8. The number of sulfonamides is 1. The van der Waals surface area contributed by atoms with Crippen LogP contribution in [0.25, 0.3) is 0 Å². The van der Waals surface area contributed by atoms with Gasteiger partial charge >= 0.3 is 0 Å². The first-order chi connectivity index (χ1) is 15.5. The maximum absolute atomic E-state index is 13.1. The fourth-order valence-corrected chi connectivity index (χ4v) is 6.00. The lowest BCUT2D eigenvalue weighted by Crippen LogP contribution is -2.44. The van der Waals surface area contributed by atoms with Gasteiger partial charge in [0.1, 0.15) is 18.0 Å². The van der Waals surface area contributed by atoms with E-state index in [0.717, 1.165) is 19.4 Å². The van der Waals surface area contributed by atoms with Crippen molar-refractivity contribution >= 4 is 21.6 Å². The molecule has 4 rings (SSSR count). The van der Waals surface area contributed by atoms with Gasteiger partial charge in [-0.3, -0.25) is 4.98 Å². The summed E-state index contributed by atoms with van der Waals surface area (Å²) in [6.45, 7) is 6.68. The number of halogens is 1. The largest absolute Gasteiger partial charge is 0.486 e. The number of rotatable bonds is 8. The number of pyridine rings is 1. The molecule has 1 saturated heterocycles. The lowest BCUT2D eigenvalue weighted by Gasteiger charge is -2.33. The Morgan fingerprint density at radius 1 is 1.22 bits per heavy atom. The summed E-state index contributed by atoms with van der Waals surface area (Å²) < 4.78 is 39.5. The van der Waals surface area contributed by atoms with E-state index >= 15 is 0 Å². The molecule has 2 atom stereocenters. The molecule has 32 heavy (non-hydrogen) atoms. The zero-order valence-electron chi connectivity index (χ0n) is 17.8. The van der Waals surface area contributed by atoms with Crippen molar-refractivity contribution in [2.45, 2.75) is 24.2 Å². The molecule has 0 bridgehead atoms. The summed E-state index contributed by atoms with van der Waals surface area (Å²) in [6.07, 6.45) is 4.58. The van der Waals surface area contributed by atoms with Gasteiger partial charge in [-0.2, -0.15) is 0 Å². The van der Waals surface area contributed by atoms with Gasteiger partial charge in [0.05, 0.1) is 5.69 Å². The molecule has 0 saturated carbocycles. The molecule has 0 spiro atoms. The van der Waals surface area contributed by atoms with E-state index in [9.17, 15) is 8.42 Å². The van der Waals surface area contributed by atoms with Crippen LogP contribution in [0.3, 0.4) is 0 Å². The molecule has 7 nitrogen and oxygen atoms in total. The van der Waals surface area contributed by atoms with Gasteiger partial charge in [0.25, 0.3) is 0 Å². The molecule has 1 aromatic carbocycles. The SMILES string of the molecule is C=CC(c1ccccn1)S(=O)(=O)N1CCC(CNCC2COc3ccc(Cl)cc3O2)CC1. The maximum atomic E-state index is 13.1. The van der Waals surface area contributed by atoms with Crippen LogP contribution in [0.15, 0.2) is 55.3 Å². The van der Waals surface area contributed by atoms with Crippen LogP contribution in [0.2, 0.25) is 5.02 Å². The lowest BCUT2D eigenvalue weighted by molar-refractivity contribution is 0.0890. The van der Waals surface area contributed by atoms with Crippen LogP contribution in [-0.4, -0.2) is 56.6 Å². The van der Waals surface area contributed by atoms with E-state index in [0.29, 0.717) is 54.4 Å². The lowest BCUT2D eigenvalue weighted by atomic mass is 9.98. The number of hydrogen-bond acceptors (Lipinski definition) is 6. The Morgan fingerprint density at radius 2 is 2.03 bits per heavy atom. The van der Waals surface area contributed by atoms with Crippen LogP contribution >= 0.6 is 11.6 Å². The Labute approximate surface area is 194 Å². The average molecular weight is 478 g/mol. The Balaban J connectivity index is 1.24. The van der Waals surface area contributed by atoms with E-state index in [1.165, 1.54) is 6.08 Å². The number of piperidine rings is 1. The highest BCUT2D eigenvalue weighted by atomic mass is 35.5. The van der Waals surface area contributed by atoms with Crippen molar-refractivity contribution in [1.82, 2.24) is 14.6 Å². The van der Waals surface area contributed by atoms with E-state index < -0.39 is 15.3 Å². The molecular formula is C23H28ClN3O4S. The number of hydrogen-bond donors (Lipinski definition) is 1. The number of fused-ring (bicyclic) bond motifs is 1. The third-order valence-corrected chi connectivity index (χ3v) is 8.27. The second-order valence-electron chi connectivity index (χ2n) is 8.10. The van der Waals surface area contributed by atoms with Crippen LogP contribution in [0.4, 0.5) is 0 Å². The standard InChI is InChI=1S/C23H28ClN3O4S/c1-2-23(20-5-3-4-10-26-20)32(28,29)27-11-8-17(9-12-27)14-25-15-19-16-30-21-7-6-18(24)13-22(21)31-19/h2-7,10,13,17,19,23,25H,1,8-9,11-12,14-16H2. The van der Waals surface area contributed by atoms with Crippen molar-refractivity contribution in [1.29, 1.82) is 0 Å². The summed E-state index contributed by atoms with van der Waals surface area (Å²) in [4.78, 5) is 4.21. The van der Waals surface area contributed by atoms with Crippen molar-refractivity contribution in [3.63, 3.8) is 0 Å². The summed E-state index contributed by atoms with van der Waals surface area (Å²) in [5.41, 5.74) is 0.504. The van der Waals surface area contributed by atoms with Crippen LogP contribution < -0.4 is 14.8 Å². The number of ether oxygens (including phenoxy) is 2. The quantitative estimate of drug-likeness (QED) is 0.587. The third-order valence-electron chi connectivity index (χ3n) is 5.88. The van der Waals surface area contributed by atoms with E-state index in [1.54, 1.807) is 40.8 Å². The van der Waals surface area contributed by atoms with Crippen LogP contribution in [0.1, 0.15) is 23.8 Å². The Hall–Kier alpha value is -2.13. The fourth-order valence-electron chi connectivity index (χ4n) is 4.11. The van der Waals surface area contributed by atoms with Crippen molar-refractivity contribution < 1.29 is 17.9 Å². The molecule has 1 N–H and O–H groups in total. The summed E-state index contributed by atoms with van der Waals surface area (Å²) in [5.74, 6) is 1.78. The Morgan fingerprint density at radius 3 is 2.75 bits per heavy atom. The van der Waals surface area contributed by atoms with Gasteiger partial charge < -0.3 is 14.8 Å². The molecule has 9 heteroatoms. The average Bonchev–Trinajstić information content (AvgIpc) is 2.80. The number of nitrogens with one attached hydrogen (secondary N) is 1. The zero-order valence-corrected chi connectivity index (χ0v) is 19.4. The molecular weight excluding hydrogens is 450 g/mol. The molecule has 2 unspecified atom stereocenters. The van der Waals surface area contributed by atoms with E-state index in [-0.39, 0.29) is 6.10 Å². The molecule has 0 radical (unpaired) electrons. The highest BCUT2D eigenvalue weighted by Gasteiger charge is 2.34. The van der Waals surface area contributed by atoms with E-state index in [1.807, 2.05) is 6.07 Å². The minimum Gasteiger partial charge on any atom is -0.486 e. The number of benzene rings is 1. The highest BCUT2D eigenvalue weighted by Crippen LogP contribution is 2.34. The molecule has 2 aliphatic heterocycles. The molecule has 1 aromatic heterocycles. The predicted molar refractivity (Wildman–Crippen MR) is 125 cm³/mol. The van der Waals surface area contributed by atoms with Crippen LogP contribution in [0, 0.1) is 5.92 Å². The molecule has 0 amide bonds. The Bertz CT molecular complexity index is 1030. The number of aromatic nitrogens is 1. The molecule has 2 aromatic rings. The fraction of sp³-hybridized carbons (Fsp3) is 0.435. The second kappa shape index (κ2) is 10.2. The van der Waals surface area contributed by atoms with Crippen molar-refractivity contribution in [2.75, 3.05) is 32.8 Å². The molecule has 2 aliphatic rings. The van der Waals surface area contributed by atoms with Gasteiger partial charge in [0.2, 0.25) is 10.0 Å². The minimum absolute atomic E-state index is 0.0897. The van der Waals surface area contributed by atoms with Gasteiger partial charge in [0.15, 0.2) is 11.5 Å². The smallest absolute Gasteiger partial charge is 0.226 e. The van der Waals surface area contributed by atoms with Gasteiger partial charge in [-0.1, -0.05) is 23.7 Å². The predicted octanol–water partition coefficient (Wildman–Crippen LogP) is 3.43. The van der Waals surface area contributed by atoms with E-state index in [4.69, 9.17) is 21.1 Å². The van der Waals surface area contributed by atoms with E-state index in [2.05, 4.69) is 16.9 Å². The Kier molecular flexibility index (Phi) is 7.35. The number of nitrogens with zero attached hydrogens (tertiary/aromatic N) is 2. The maximum Gasteiger partial charge on any atom is 0.226 e. The topological polar surface area (TPSA) is 80.8 Å². The van der Waals surface area contributed by atoms with Gasteiger partial charge in [0, 0.05) is 36.9 Å². The molecule has 0 aliphatic carbocycles. The zero-order chi connectivity index (χ0) is 22.6. The van der Waals surface area contributed by atoms with Gasteiger partial charge in [-0.15, -0.1) is 6.58 Å². The summed E-state index contributed by atoms with van der Waals surface area (Å²) in [6, 6.07) is 10.6. The van der Waals surface area contributed by atoms with Gasteiger partial charge in [-0.05, 0) is 49.6 Å². The highest BCUT2D eigenvalue weighted by molar-refractivity contribution is 7.89. The van der Waals surface area contributed by atoms with Gasteiger partial charge in [-0.25, -0.2) is 12.7 Å². The minimum atomic E-state index is -3.54. The second-order valence-corrected chi connectivity index (χ2v) is 10.6. The first kappa shape index (κ1) is 23.0.